The molecule has 1 unspecified atom stereocenters. The van der Waals surface area contributed by atoms with Crippen molar-refractivity contribution in [2.45, 2.75) is 25.3 Å². The van der Waals surface area contributed by atoms with Crippen LogP contribution in [0.5, 0.6) is 5.75 Å². The smallest absolute Gasteiger partial charge is 0.137 e. The molecule has 3 rings (SSSR count). The lowest BCUT2D eigenvalue weighted by Gasteiger charge is -2.19. The van der Waals surface area contributed by atoms with Crippen molar-refractivity contribution in [1.29, 1.82) is 0 Å². The highest BCUT2D eigenvalue weighted by atomic mass is 32.1. The molecule has 0 fully saturated rings. The summed E-state index contributed by atoms with van der Waals surface area (Å²) in [5.74, 6) is 0.247. The summed E-state index contributed by atoms with van der Waals surface area (Å²) in [6.07, 6.45) is 3.30. The third-order valence-corrected chi connectivity index (χ3v) is 4.87. The van der Waals surface area contributed by atoms with Crippen LogP contribution in [0.15, 0.2) is 18.2 Å². The molecule has 0 radical (unpaired) electrons. The number of halogens is 1. The Morgan fingerprint density at radius 3 is 3.00 bits per heavy atom. The van der Waals surface area contributed by atoms with Crippen molar-refractivity contribution in [2.75, 3.05) is 14.2 Å². The van der Waals surface area contributed by atoms with Gasteiger partial charge in [-0.15, -0.1) is 11.3 Å². The first kappa shape index (κ1) is 13.5. The molecule has 0 aliphatic heterocycles. The fraction of sp³-hybridized carbons (Fsp3) is 0.400. The number of aryl methyl sites for hydroxylation is 1. The summed E-state index contributed by atoms with van der Waals surface area (Å²) in [4.78, 5) is 5.94. The molecule has 3 nitrogen and oxygen atoms in total. The number of aromatic nitrogens is 1. The van der Waals surface area contributed by atoms with E-state index in [4.69, 9.17) is 4.74 Å². The Balaban J connectivity index is 2.01. The van der Waals surface area contributed by atoms with E-state index in [2.05, 4.69) is 10.3 Å². The second kappa shape index (κ2) is 5.50. The average Bonchev–Trinajstić information content (AvgIpc) is 2.90. The highest BCUT2D eigenvalue weighted by molar-refractivity contribution is 7.15. The molecule has 0 bridgehead atoms. The number of nitrogens with one attached hydrogen (secondary N) is 1. The van der Waals surface area contributed by atoms with E-state index in [0.29, 0.717) is 17.4 Å². The van der Waals surface area contributed by atoms with Crippen LogP contribution >= 0.6 is 11.3 Å². The Kier molecular flexibility index (Phi) is 3.72. The molecule has 1 aromatic heterocycles. The number of benzene rings is 1. The number of hydrogen-bond acceptors (Lipinski definition) is 4. The van der Waals surface area contributed by atoms with Crippen molar-refractivity contribution in [3.8, 4) is 16.3 Å². The number of ether oxygens (including phenoxy) is 1. The lowest BCUT2D eigenvalue weighted by Crippen LogP contribution is -2.21. The number of methoxy groups -OCH3 is 1. The van der Waals surface area contributed by atoms with Crippen molar-refractivity contribution < 1.29 is 9.13 Å². The lowest BCUT2D eigenvalue weighted by molar-refractivity contribution is 0.411. The Morgan fingerprint density at radius 2 is 2.30 bits per heavy atom. The maximum absolute atomic E-state index is 14.1. The van der Waals surface area contributed by atoms with E-state index in [1.807, 2.05) is 7.05 Å². The molecule has 1 N–H and O–H groups in total. The van der Waals surface area contributed by atoms with Crippen molar-refractivity contribution in [1.82, 2.24) is 10.3 Å². The summed E-state index contributed by atoms with van der Waals surface area (Å²) in [5, 5.41) is 4.05. The summed E-state index contributed by atoms with van der Waals surface area (Å²) in [5.41, 5.74) is 1.65. The number of hydrogen-bond donors (Lipinski definition) is 1. The molecule has 0 saturated carbocycles. The zero-order valence-electron chi connectivity index (χ0n) is 11.6. The van der Waals surface area contributed by atoms with E-state index in [9.17, 15) is 4.39 Å². The second-order valence-corrected chi connectivity index (χ2v) is 5.99. The normalized spacial score (nSPS) is 17.9. The van der Waals surface area contributed by atoms with Crippen LogP contribution in [0.1, 0.15) is 29.5 Å². The molecule has 0 spiro atoms. The zero-order valence-corrected chi connectivity index (χ0v) is 12.4. The molecule has 1 aliphatic rings. The minimum Gasteiger partial charge on any atom is -0.497 e. The minimum absolute atomic E-state index is 0.281. The van der Waals surface area contributed by atoms with E-state index in [-0.39, 0.29) is 5.82 Å². The van der Waals surface area contributed by atoms with Gasteiger partial charge in [0.05, 0.1) is 18.8 Å². The third-order valence-electron chi connectivity index (χ3n) is 3.71. The van der Waals surface area contributed by atoms with Crippen LogP contribution in [0.25, 0.3) is 10.6 Å². The monoisotopic (exact) mass is 292 g/mol. The molecule has 1 aromatic carbocycles. The Labute approximate surface area is 121 Å². The minimum atomic E-state index is -0.281. The van der Waals surface area contributed by atoms with Gasteiger partial charge in [0.15, 0.2) is 0 Å². The van der Waals surface area contributed by atoms with Gasteiger partial charge in [0.2, 0.25) is 0 Å². The predicted molar refractivity (Wildman–Crippen MR) is 78.8 cm³/mol. The van der Waals surface area contributed by atoms with E-state index in [0.717, 1.165) is 30.0 Å². The van der Waals surface area contributed by atoms with Gasteiger partial charge >= 0.3 is 0 Å². The predicted octanol–water partition coefficient (Wildman–Crippen LogP) is 3.55. The fourth-order valence-corrected chi connectivity index (χ4v) is 3.80. The maximum Gasteiger partial charge on any atom is 0.137 e. The molecule has 1 aliphatic carbocycles. The van der Waals surface area contributed by atoms with Crippen molar-refractivity contribution in [3.63, 3.8) is 0 Å². The van der Waals surface area contributed by atoms with E-state index in [1.54, 1.807) is 23.5 Å². The molecule has 0 amide bonds. The van der Waals surface area contributed by atoms with Gasteiger partial charge < -0.3 is 10.1 Å². The number of nitrogens with zero attached hydrogens (tertiary/aromatic N) is 1. The van der Waals surface area contributed by atoms with Gasteiger partial charge in [-0.05, 0) is 38.4 Å². The van der Waals surface area contributed by atoms with E-state index in [1.165, 1.54) is 18.1 Å². The molecule has 1 atom stereocenters. The maximum atomic E-state index is 14.1. The Bertz CT molecular complexity index is 626. The molecule has 1 heterocycles. The summed E-state index contributed by atoms with van der Waals surface area (Å²) >= 11 is 1.60. The van der Waals surface area contributed by atoms with Crippen LogP contribution in [-0.4, -0.2) is 19.1 Å². The first-order chi connectivity index (χ1) is 9.72. The van der Waals surface area contributed by atoms with Gasteiger partial charge in [0, 0.05) is 16.5 Å². The zero-order chi connectivity index (χ0) is 14.1. The van der Waals surface area contributed by atoms with E-state index >= 15 is 0 Å². The summed E-state index contributed by atoms with van der Waals surface area (Å²) in [7, 11) is 3.49. The van der Waals surface area contributed by atoms with Gasteiger partial charge in [-0.25, -0.2) is 9.37 Å². The number of rotatable bonds is 3. The first-order valence-electron chi connectivity index (χ1n) is 6.73. The van der Waals surface area contributed by atoms with Gasteiger partial charge in [-0.1, -0.05) is 0 Å². The molecule has 0 saturated heterocycles. The fourth-order valence-electron chi connectivity index (χ4n) is 2.61. The van der Waals surface area contributed by atoms with Gasteiger partial charge in [0.1, 0.15) is 16.6 Å². The Hall–Kier alpha value is -1.46. The number of thiazole rings is 1. The van der Waals surface area contributed by atoms with Crippen molar-refractivity contribution in [2.24, 2.45) is 0 Å². The third kappa shape index (κ3) is 2.31. The first-order valence-corrected chi connectivity index (χ1v) is 7.55. The van der Waals surface area contributed by atoms with Crippen LogP contribution < -0.4 is 10.1 Å². The van der Waals surface area contributed by atoms with Crippen molar-refractivity contribution >= 4 is 11.3 Å². The van der Waals surface area contributed by atoms with E-state index < -0.39 is 0 Å². The standard InChI is InChI=1S/C15H17FN2OS/c1-17-12-4-3-5-13-14(12)18-15(20-13)10-7-6-9(19-2)8-11(10)16/h6-8,12,17H,3-5H2,1-2H3. The van der Waals surface area contributed by atoms with Crippen molar-refractivity contribution in [3.05, 3.63) is 34.6 Å². The Morgan fingerprint density at radius 1 is 1.45 bits per heavy atom. The topological polar surface area (TPSA) is 34.1 Å². The largest absolute Gasteiger partial charge is 0.497 e. The van der Waals surface area contributed by atoms with Crippen LogP contribution in [0.3, 0.4) is 0 Å². The average molecular weight is 292 g/mol. The molecular formula is C15H17FN2OS. The van der Waals surface area contributed by atoms with Gasteiger partial charge in [0.25, 0.3) is 0 Å². The van der Waals surface area contributed by atoms with Crippen LogP contribution in [0.2, 0.25) is 0 Å². The summed E-state index contributed by atoms with van der Waals surface area (Å²) < 4.78 is 19.2. The number of fused-ring (bicyclic) bond motifs is 1. The summed E-state index contributed by atoms with van der Waals surface area (Å²) in [6, 6.07) is 5.22. The highest BCUT2D eigenvalue weighted by Crippen LogP contribution is 2.38. The molecule has 2 aromatic rings. The SMILES string of the molecule is CNC1CCCc2sc(-c3ccc(OC)cc3F)nc21. The molecular weight excluding hydrogens is 275 g/mol. The summed E-state index contributed by atoms with van der Waals surface area (Å²) in [6.45, 7) is 0. The van der Waals surface area contributed by atoms with Gasteiger partial charge in [-0.3, -0.25) is 0 Å². The second-order valence-electron chi connectivity index (χ2n) is 4.91. The van der Waals surface area contributed by atoms with Crippen LogP contribution in [0, 0.1) is 5.82 Å². The molecule has 20 heavy (non-hydrogen) atoms. The van der Waals surface area contributed by atoms with Gasteiger partial charge in [-0.2, -0.15) is 0 Å². The molecule has 106 valence electrons. The quantitative estimate of drug-likeness (QED) is 0.939. The molecule has 5 heteroatoms. The lowest BCUT2D eigenvalue weighted by atomic mass is 9.98. The highest BCUT2D eigenvalue weighted by Gasteiger charge is 2.24. The van der Waals surface area contributed by atoms with Crippen LogP contribution in [-0.2, 0) is 6.42 Å². The van der Waals surface area contributed by atoms with Crippen LogP contribution in [0.4, 0.5) is 4.39 Å².